The molecule has 13 heavy (non-hydrogen) atoms. The first-order valence-corrected chi connectivity index (χ1v) is 4.54. The van der Waals surface area contributed by atoms with Gasteiger partial charge in [-0.15, -0.1) is 0 Å². The molecule has 1 unspecified atom stereocenters. The van der Waals surface area contributed by atoms with E-state index in [9.17, 15) is 4.79 Å². The lowest BCUT2D eigenvalue weighted by atomic mass is 10.2. The summed E-state index contributed by atoms with van der Waals surface area (Å²) in [5.74, 6) is -0.834. The molecule has 1 aliphatic heterocycles. The van der Waals surface area contributed by atoms with Gasteiger partial charge in [-0.2, -0.15) is 0 Å². The van der Waals surface area contributed by atoms with Gasteiger partial charge in [0.25, 0.3) is 0 Å². The van der Waals surface area contributed by atoms with Gasteiger partial charge < -0.3 is 9.84 Å². The lowest BCUT2D eigenvalue weighted by molar-refractivity contribution is -0.138. The number of ether oxygens (including phenoxy) is 1. The van der Waals surface area contributed by atoms with Crippen LogP contribution in [-0.4, -0.2) is 48.4 Å². The van der Waals surface area contributed by atoms with Crippen LogP contribution in [0, 0.1) is 0 Å². The van der Waals surface area contributed by atoms with Crippen molar-refractivity contribution in [2.45, 2.75) is 19.4 Å². The third-order valence-corrected chi connectivity index (χ3v) is 2.05. The van der Waals surface area contributed by atoms with Crippen LogP contribution in [-0.2, 0) is 9.53 Å². The second-order valence-electron chi connectivity index (χ2n) is 3.08. The molecule has 1 fully saturated rings. The zero-order valence-corrected chi connectivity index (χ0v) is 7.82. The zero-order chi connectivity index (χ0) is 9.68. The van der Waals surface area contributed by atoms with Gasteiger partial charge in [-0.05, 0) is 6.42 Å². The van der Waals surface area contributed by atoms with Crippen LogP contribution in [0.25, 0.3) is 0 Å². The summed E-state index contributed by atoms with van der Waals surface area (Å²) in [5, 5.41) is 10.4. The molecule has 5 heteroatoms. The summed E-state index contributed by atoms with van der Waals surface area (Å²) in [6, 6.07) is 0. The molecule has 1 atom stereocenters. The maximum Gasteiger partial charge on any atom is 0.318 e. The third kappa shape index (κ3) is 3.71. The minimum absolute atomic E-state index is 0.0174. The van der Waals surface area contributed by atoms with Crippen LogP contribution in [0.2, 0.25) is 0 Å². The molecular formula is C8H16N2O3. The van der Waals surface area contributed by atoms with Gasteiger partial charge in [0.2, 0.25) is 0 Å². The van der Waals surface area contributed by atoms with Crippen molar-refractivity contribution >= 4 is 5.97 Å². The van der Waals surface area contributed by atoms with Crippen LogP contribution < -0.4 is 5.43 Å². The van der Waals surface area contributed by atoms with Gasteiger partial charge in [-0.1, -0.05) is 6.92 Å². The Morgan fingerprint density at radius 3 is 3.15 bits per heavy atom. The first kappa shape index (κ1) is 10.4. The molecule has 76 valence electrons. The van der Waals surface area contributed by atoms with Crippen molar-refractivity contribution in [3.63, 3.8) is 0 Å². The SMILES string of the molecule is CCC1CN(NCC(=O)O)CCO1. The summed E-state index contributed by atoms with van der Waals surface area (Å²) >= 11 is 0. The van der Waals surface area contributed by atoms with Gasteiger partial charge in [0.15, 0.2) is 0 Å². The van der Waals surface area contributed by atoms with Crippen LogP contribution in [0.15, 0.2) is 0 Å². The van der Waals surface area contributed by atoms with Crippen LogP contribution in [0.4, 0.5) is 0 Å². The van der Waals surface area contributed by atoms with E-state index >= 15 is 0 Å². The van der Waals surface area contributed by atoms with Crippen LogP contribution in [0.1, 0.15) is 13.3 Å². The molecule has 0 bridgehead atoms. The highest BCUT2D eigenvalue weighted by molar-refractivity contribution is 5.68. The van der Waals surface area contributed by atoms with Crippen molar-refractivity contribution < 1.29 is 14.6 Å². The molecule has 0 spiro atoms. The fourth-order valence-electron chi connectivity index (χ4n) is 1.29. The van der Waals surface area contributed by atoms with E-state index < -0.39 is 5.97 Å². The van der Waals surface area contributed by atoms with E-state index in [2.05, 4.69) is 12.3 Å². The van der Waals surface area contributed by atoms with Crippen molar-refractivity contribution in [3.05, 3.63) is 0 Å². The minimum atomic E-state index is -0.834. The molecule has 0 radical (unpaired) electrons. The predicted octanol–water partition coefficient (Wildman–Crippen LogP) is -0.314. The Bertz CT molecular complexity index is 175. The second-order valence-corrected chi connectivity index (χ2v) is 3.08. The quantitative estimate of drug-likeness (QED) is 0.633. The van der Waals surface area contributed by atoms with Gasteiger partial charge >= 0.3 is 5.97 Å². The Kier molecular flexibility index (Phi) is 4.14. The molecule has 1 heterocycles. The maximum absolute atomic E-state index is 10.3. The van der Waals surface area contributed by atoms with Crippen molar-refractivity contribution in [1.29, 1.82) is 0 Å². The van der Waals surface area contributed by atoms with Crippen molar-refractivity contribution in [2.75, 3.05) is 26.2 Å². The number of carboxylic acids is 1. The predicted molar refractivity (Wildman–Crippen MR) is 47.2 cm³/mol. The number of morpholine rings is 1. The van der Waals surface area contributed by atoms with Gasteiger partial charge in [0.1, 0.15) is 6.54 Å². The summed E-state index contributed by atoms with van der Waals surface area (Å²) in [5.41, 5.74) is 2.84. The molecule has 0 amide bonds. The Morgan fingerprint density at radius 1 is 1.77 bits per heavy atom. The normalized spacial score (nSPS) is 24.5. The molecule has 0 aromatic carbocycles. The number of carbonyl (C=O) groups is 1. The molecule has 2 N–H and O–H groups in total. The standard InChI is InChI=1S/C8H16N2O3/c1-2-7-6-10(3-4-13-7)9-5-8(11)12/h7,9H,2-6H2,1H3,(H,11,12). The van der Waals surface area contributed by atoms with Crippen molar-refractivity contribution in [1.82, 2.24) is 10.4 Å². The van der Waals surface area contributed by atoms with Gasteiger partial charge in [-0.3, -0.25) is 4.79 Å². The number of hydrogen-bond acceptors (Lipinski definition) is 4. The summed E-state index contributed by atoms with van der Waals surface area (Å²) in [7, 11) is 0. The van der Waals surface area contributed by atoms with E-state index in [-0.39, 0.29) is 12.6 Å². The summed E-state index contributed by atoms with van der Waals surface area (Å²) < 4.78 is 5.44. The molecule has 0 aromatic rings. The van der Waals surface area contributed by atoms with Crippen LogP contribution >= 0.6 is 0 Å². The van der Waals surface area contributed by atoms with Crippen LogP contribution in [0.5, 0.6) is 0 Å². The van der Waals surface area contributed by atoms with E-state index in [4.69, 9.17) is 9.84 Å². The van der Waals surface area contributed by atoms with Crippen LogP contribution in [0.3, 0.4) is 0 Å². The van der Waals surface area contributed by atoms with Crippen molar-refractivity contribution in [2.24, 2.45) is 0 Å². The average Bonchev–Trinajstić information content (AvgIpc) is 2.15. The highest BCUT2D eigenvalue weighted by Gasteiger charge is 2.18. The first-order valence-electron chi connectivity index (χ1n) is 4.54. The fourth-order valence-corrected chi connectivity index (χ4v) is 1.29. The number of nitrogens with zero attached hydrogens (tertiary/aromatic N) is 1. The topological polar surface area (TPSA) is 61.8 Å². The lowest BCUT2D eigenvalue weighted by Crippen LogP contribution is -2.50. The van der Waals surface area contributed by atoms with Gasteiger partial charge in [0, 0.05) is 13.1 Å². The first-order chi connectivity index (χ1) is 6.22. The lowest BCUT2D eigenvalue weighted by Gasteiger charge is -2.32. The molecule has 1 aliphatic rings. The molecule has 0 aliphatic carbocycles. The number of aliphatic carboxylic acids is 1. The zero-order valence-electron chi connectivity index (χ0n) is 7.82. The minimum Gasteiger partial charge on any atom is -0.480 e. The second kappa shape index (κ2) is 5.16. The summed E-state index contributed by atoms with van der Waals surface area (Å²) in [6.45, 7) is 4.24. The van der Waals surface area contributed by atoms with E-state index in [1.165, 1.54) is 0 Å². The van der Waals surface area contributed by atoms with E-state index in [0.717, 1.165) is 19.5 Å². The van der Waals surface area contributed by atoms with Gasteiger partial charge in [0.05, 0.1) is 12.7 Å². The molecule has 1 rings (SSSR count). The van der Waals surface area contributed by atoms with Crippen molar-refractivity contribution in [3.8, 4) is 0 Å². The third-order valence-electron chi connectivity index (χ3n) is 2.05. The summed E-state index contributed by atoms with van der Waals surface area (Å²) in [6.07, 6.45) is 1.20. The largest absolute Gasteiger partial charge is 0.480 e. The summed E-state index contributed by atoms with van der Waals surface area (Å²) in [4.78, 5) is 10.3. The van der Waals surface area contributed by atoms with E-state index in [0.29, 0.717) is 6.61 Å². The van der Waals surface area contributed by atoms with Gasteiger partial charge in [-0.25, -0.2) is 10.4 Å². The Hall–Kier alpha value is -0.650. The molecular weight excluding hydrogens is 172 g/mol. The Balaban J connectivity index is 2.21. The smallest absolute Gasteiger partial charge is 0.318 e. The highest BCUT2D eigenvalue weighted by Crippen LogP contribution is 2.05. The molecule has 5 nitrogen and oxygen atoms in total. The number of nitrogens with one attached hydrogen (secondary N) is 1. The van der Waals surface area contributed by atoms with E-state index in [1.54, 1.807) is 0 Å². The molecule has 0 aromatic heterocycles. The average molecular weight is 188 g/mol. The number of hydrazine groups is 1. The monoisotopic (exact) mass is 188 g/mol. The number of rotatable bonds is 4. The molecule has 1 saturated heterocycles. The highest BCUT2D eigenvalue weighted by atomic mass is 16.5. The molecule has 0 saturated carbocycles. The maximum atomic E-state index is 10.3. The van der Waals surface area contributed by atoms with E-state index in [1.807, 2.05) is 5.01 Å². The fraction of sp³-hybridized carbons (Fsp3) is 0.875. The Labute approximate surface area is 77.6 Å². The number of carboxylic acid groups (broad SMARTS) is 1. The Morgan fingerprint density at radius 2 is 2.54 bits per heavy atom. The number of hydrogen-bond donors (Lipinski definition) is 2.